The Labute approximate surface area is 120 Å². The predicted molar refractivity (Wildman–Crippen MR) is 75.0 cm³/mol. The second-order valence-corrected chi connectivity index (χ2v) is 4.01. The third-order valence-corrected chi connectivity index (χ3v) is 2.49. The maximum Gasteiger partial charge on any atom is 0.293 e. The Bertz CT molecular complexity index is 546. The molecule has 2 amide bonds. The van der Waals surface area contributed by atoms with Crippen molar-refractivity contribution in [2.75, 3.05) is 32.1 Å². The van der Waals surface area contributed by atoms with E-state index in [1.165, 1.54) is 25.2 Å². The summed E-state index contributed by atoms with van der Waals surface area (Å²) in [5.74, 6) is -0.995. The van der Waals surface area contributed by atoms with Gasteiger partial charge >= 0.3 is 0 Å². The second kappa shape index (κ2) is 7.80. The molecule has 0 radical (unpaired) electrons. The summed E-state index contributed by atoms with van der Waals surface area (Å²) in [6, 6.07) is 4.10. The number of amides is 2. The van der Waals surface area contributed by atoms with Gasteiger partial charge in [0.2, 0.25) is 5.91 Å². The van der Waals surface area contributed by atoms with Gasteiger partial charge in [-0.1, -0.05) is 0 Å². The number of carbonyl (C=O) groups excluding carboxylic acids is 2. The number of nitrogens with one attached hydrogen (secondary N) is 2. The molecule has 4 N–H and O–H groups in total. The maximum absolute atomic E-state index is 11.4. The number of benzene rings is 1. The molecule has 0 aliphatic carbocycles. The van der Waals surface area contributed by atoms with Crippen LogP contribution < -0.4 is 16.4 Å². The number of hydrogen-bond acceptors (Lipinski definition) is 6. The minimum Gasteiger partial charge on any atom is -0.377 e. The van der Waals surface area contributed by atoms with Crippen LogP contribution in [0.5, 0.6) is 0 Å². The summed E-state index contributed by atoms with van der Waals surface area (Å²) in [5.41, 5.74) is 5.13. The number of anilines is 1. The fourth-order valence-electron chi connectivity index (χ4n) is 1.55. The molecular weight excluding hydrogens is 280 g/mol. The number of ether oxygens (including phenoxy) is 1. The largest absolute Gasteiger partial charge is 0.377 e. The third kappa shape index (κ3) is 5.07. The van der Waals surface area contributed by atoms with E-state index < -0.39 is 16.7 Å². The number of carbonyl (C=O) groups is 2. The van der Waals surface area contributed by atoms with Crippen LogP contribution in [0, 0.1) is 10.1 Å². The van der Waals surface area contributed by atoms with E-state index in [-0.39, 0.29) is 36.7 Å². The molecule has 114 valence electrons. The molecule has 21 heavy (non-hydrogen) atoms. The molecule has 0 saturated carbocycles. The topological polar surface area (TPSA) is 137 Å². The fourth-order valence-corrected chi connectivity index (χ4v) is 1.55. The molecule has 0 spiro atoms. The van der Waals surface area contributed by atoms with E-state index in [0.717, 1.165) is 0 Å². The van der Waals surface area contributed by atoms with Crippen LogP contribution in [0.3, 0.4) is 0 Å². The van der Waals surface area contributed by atoms with Crippen molar-refractivity contribution < 1.29 is 19.2 Å². The van der Waals surface area contributed by atoms with Crippen molar-refractivity contribution in [3.63, 3.8) is 0 Å². The molecule has 1 rings (SSSR count). The van der Waals surface area contributed by atoms with Gasteiger partial charge in [0.05, 0.1) is 11.5 Å². The van der Waals surface area contributed by atoms with E-state index >= 15 is 0 Å². The van der Waals surface area contributed by atoms with Gasteiger partial charge in [-0.25, -0.2) is 0 Å². The highest BCUT2D eigenvalue weighted by molar-refractivity contribution is 5.95. The standard InChI is InChI=1S/C12H16N4O5/c1-14-12(18)8-2-3-9(10(6-8)16(19)20)15-4-5-21-7-11(13)17/h2-3,6,15H,4-5,7H2,1H3,(H2,13,17)(H,14,18). The lowest BCUT2D eigenvalue weighted by molar-refractivity contribution is -0.384. The zero-order chi connectivity index (χ0) is 15.8. The highest BCUT2D eigenvalue weighted by atomic mass is 16.6. The normalized spacial score (nSPS) is 9.95. The van der Waals surface area contributed by atoms with Crippen LogP contribution in [-0.4, -0.2) is 43.5 Å². The molecule has 0 bridgehead atoms. The Kier molecular flexibility index (Phi) is 6.08. The predicted octanol–water partition coefficient (Wildman–Crippen LogP) is -0.132. The summed E-state index contributed by atoms with van der Waals surface area (Å²) in [5, 5.41) is 16.2. The molecule has 0 atom stereocenters. The van der Waals surface area contributed by atoms with Crippen molar-refractivity contribution in [2.45, 2.75) is 0 Å². The summed E-state index contributed by atoms with van der Waals surface area (Å²) in [4.78, 5) is 32.3. The number of rotatable bonds is 8. The van der Waals surface area contributed by atoms with Gasteiger partial charge in [-0.3, -0.25) is 19.7 Å². The molecule has 0 aromatic heterocycles. The molecule has 0 aliphatic heterocycles. The Morgan fingerprint density at radius 2 is 2.14 bits per heavy atom. The second-order valence-electron chi connectivity index (χ2n) is 4.01. The quantitative estimate of drug-likeness (QED) is 0.347. The zero-order valence-electron chi connectivity index (χ0n) is 11.4. The highest BCUT2D eigenvalue weighted by Gasteiger charge is 2.16. The Morgan fingerprint density at radius 1 is 1.43 bits per heavy atom. The van der Waals surface area contributed by atoms with Crippen molar-refractivity contribution in [1.29, 1.82) is 0 Å². The first-order valence-electron chi connectivity index (χ1n) is 6.06. The van der Waals surface area contributed by atoms with Crippen LogP contribution >= 0.6 is 0 Å². The van der Waals surface area contributed by atoms with Crippen LogP contribution in [0.25, 0.3) is 0 Å². The van der Waals surface area contributed by atoms with Gasteiger partial charge in [0.25, 0.3) is 11.6 Å². The van der Waals surface area contributed by atoms with Crippen LogP contribution in [-0.2, 0) is 9.53 Å². The first kappa shape index (κ1) is 16.4. The van der Waals surface area contributed by atoms with E-state index in [0.29, 0.717) is 0 Å². The summed E-state index contributed by atoms with van der Waals surface area (Å²) in [6.07, 6.45) is 0. The summed E-state index contributed by atoms with van der Waals surface area (Å²) >= 11 is 0. The van der Waals surface area contributed by atoms with E-state index in [4.69, 9.17) is 10.5 Å². The monoisotopic (exact) mass is 296 g/mol. The van der Waals surface area contributed by atoms with Crippen LogP contribution in [0.15, 0.2) is 18.2 Å². The fraction of sp³-hybridized carbons (Fsp3) is 0.333. The average molecular weight is 296 g/mol. The minimum absolute atomic E-state index is 0.164. The van der Waals surface area contributed by atoms with Crippen LogP contribution in [0.4, 0.5) is 11.4 Å². The molecule has 9 heteroatoms. The van der Waals surface area contributed by atoms with Gasteiger partial charge in [-0.2, -0.15) is 0 Å². The van der Waals surface area contributed by atoms with Gasteiger partial charge in [0, 0.05) is 25.2 Å². The third-order valence-electron chi connectivity index (χ3n) is 2.49. The molecule has 1 aromatic rings. The van der Waals surface area contributed by atoms with Crippen molar-refractivity contribution >= 4 is 23.2 Å². The molecule has 0 fully saturated rings. The van der Waals surface area contributed by atoms with E-state index in [1.54, 1.807) is 0 Å². The number of hydrogen-bond donors (Lipinski definition) is 3. The van der Waals surface area contributed by atoms with E-state index in [2.05, 4.69) is 10.6 Å². The van der Waals surface area contributed by atoms with E-state index in [1.807, 2.05) is 0 Å². The van der Waals surface area contributed by atoms with Crippen molar-refractivity contribution in [1.82, 2.24) is 5.32 Å². The SMILES string of the molecule is CNC(=O)c1ccc(NCCOCC(N)=O)c([N+](=O)[O-])c1. The molecule has 0 heterocycles. The first-order chi connectivity index (χ1) is 9.95. The number of primary amides is 1. The van der Waals surface area contributed by atoms with Crippen LogP contribution in [0.2, 0.25) is 0 Å². The molecule has 0 saturated heterocycles. The van der Waals surface area contributed by atoms with E-state index in [9.17, 15) is 19.7 Å². The Balaban J connectivity index is 2.71. The Hall–Kier alpha value is -2.68. The average Bonchev–Trinajstić information content (AvgIpc) is 2.45. The van der Waals surface area contributed by atoms with Gasteiger partial charge in [0.15, 0.2) is 0 Å². The zero-order valence-corrected chi connectivity index (χ0v) is 11.4. The number of nitrogens with two attached hydrogens (primary N) is 1. The smallest absolute Gasteiger partial charge is 0.293 e. The van der Waals surface area contributed by atoms with Crippen LogP contribution in [0.1, 0.15) is 10.4 Å². The van der Waals surface area contributed by atoms with Gasteiger partial charge in [-0.05, 0) is 12.1 Å². The lowest BCUT2D eigenvalue weighted by Gasteiger charge is -2.08. The minimum atomic E-state index is -0.587. The van der Waals surface area contributed by atoms with Gasteiger partial charge < -0.3 is 21.1 Å². The first-order valence-corrected chi connectivity index (χ1v) is 6.06. The lowest BCUT2D eigenvalue weighted by atomic mass is 10.1. The summed E-state index contributed by atoms with van der Waals surface area (Å²) in [6.45, 7) is 0.212. The van der Waals surface area contributed by atoms with Crippen molar-refractivity contribution in [2.24, 2.45) is 5.73 Å². The highest BCUT2D eigenvalue weighted by Crippen LogP contribution is 2.25. The Morgan fingerprint density at radius 3 is 2.71 bits per heavy atom. The number of nitrogens with zero attached hydrogens (tertiary/aromatic N) is 1. The molecule has 0 aliphatic rings. The number of nitro benzene ring substituents is 1. The maximum atomic E-state index is 11.4. The summed E-state index contributed by atoms with van der Waals surface area (Å²) in [7, 11) is 1.44. The molecule has 0 unspecified atom stereocenters. The van der Waals surface area contributed by atoms with Gasteiger partial charge in [0.1, 0.15) is 12.3 Å². The number of nitro groups is 1. The van der Waals surface area contributed by atoms with Crippen molar-refractivity contribution in [3.05, 3.63) is 33.9 Å². The van der Waals surface area contributed by atoms with Crippen molar-refractivity contribution in [3.8, 4) is 0 Å². The summed E-state index contributed by atoms with van der Waals surface area (Å²) < 4.78 is 4.93. The molecule has 9 nitrogen and oxygen atoms in total. The van der Waals surface area contributed by atoms with Gasteiger partial charge in [-0.15, -0.1) is 0 Å². The molecular formula is C12H16N4O5. The lowest BCUT2D eigenvalue weighted by Crippen LogP contribution is -2.21. The molecule has 1 aromatic carbocycles.